The average molecular weight is 143 g/mol. The maximum absolute atomic E-state index is 10.6. The van der Waals surface area contributed by atoms with Gasteiger partial charge in [-0.2, -0.15) is 5.90 Å². The molecule has 1 fully saturated rings. The van der Waals surface area contributed by atoms with Crippen molar-refractivity contribution in [1.82, 2.24) is 0 Å². The first-order chi connectivity index (χ1) is 4.77. The third kappa shape index (κ3) is 1.70. The van der Waals surface area contributed by atoms with E-state index in [-0.39, 0.29) is 5.97 Å². The molecule has 1 aliphatic carbocycles. The number of hydrogen-bond donors (Lipinski definition) is 1. The highest BCUT2D eigenvalue weighted by Crippen LogP contribution is 2.43. The van der Waals surface area contributed by atoms with Gasteiger partial charge >= 0.3 is 5.97 Å². The number of carbonyl (C=O) groups is 1. The maximum atomic E-state index is 10.6. The Morgan fingerprint density at radius 3 is 2.80 bits per heavy atom. The van der Waals surface area contributed by atoms with E-state index >= 15 is 0 Å². The van der Waals surface area contributed by atoms with Crippen LogP contribution < -0.4 is 5.90 Å². The van der Waals surface area contributed by atoms with E-state index in [1.807, 2.05) is 0 Å². The van der Waals surface area contributed by atoms with E-state index in [1.54, 1.807) is 0 Å². The second kappa shape index (κ2) is 3.01. The van der Waals surface area contributed by atoms with E-state index in [0.717, 1.165) is 5.92 Å². The van der Waals surface area contributed by atoms with Gasteiger partial charge in [0.2, 0.25) is 0 Å². The lowest BCUT2D eigenvalue weighted by Gasteiger charge is -1.94. The van der Waals surface area contributed by atoms with E-state index in [2.05, 4.69) is 17.7 Å². The number of carbonyl (C=O) groups excluding carboxylic acids is 1. The Morgan fingerprint density at radius 1 is 1.70 bits per heavy atom. The van der Waals surface area contributed by atoms with E-state index in [9.17, 15) is 4.79 Å². The summed E-state index contributed by atoms with van der Waals surface area (Å²) in [5.41, 5.74) is 0. The molecule has 0 aromatic carbocycles. The zero-order valence-corrected chi connectivity index (χ0v) is 6.17. The number of hydrogen-bond acceptors (Lipinski definition) is 3. The van der Waals surface area contributed by atoms with Crippen molar-refractivity contribution in [3.8, 4) is 0 Å². The van der Waals surface area contributed by atoms with Gasteiger partial charge < -0.3 is 4.84 Å². The number of rotatable bonds is 3. The monoisotopic (exact) mass is 143 g/mol. The third-order valence-corrected chi connectivity index (χ3v) is 2.15. The Labute approximate surface area is 60.5 Å². The summed E-state index contributed by atoms with van der Waals surface area (Å²) >= 11 is 0. The van der Waals surface area contributed by atoms with Crippen molar-refractivity contribution in [1.29, 1.82) is 0 Å². The van der Waals surface area contributed by atoms with Crippen molar-refractivity contribution in [3.63, 3.8) is 0 Å². The van der Waals surface area contributed by atoms with E-state index in [0.29, 0.717) is 12.3 Å². The Kier molecular flexibility index (Phi) is 2.27. The van der Waals surface area contributed by atoms with Crippen molar-refractivity contribution in [2.45, 2.75) is 26.2 Å². The standard InChI is InChI=1S/C7H13NO2/c1-2-5-3-6(5)4-7(9)10-8/h5-6H,2-4,8H2,1H3/t5?,6-/m1/s1. The molecular weight excluding hydrogens is 130 g/mol. The highest BCUT2D eigenvalue weighted by molar-refractivity contribution is 5.69. The van der Waals surface area contributed by atoms with Crippen LogP contribution in [0.25, 0.3) is 0 Å². The summed E-state index contributed by atoms with van der Waals surface area (Å²) in [5, 5.41) is 0. The molecule has 2 N–H and O–H groups in total. The second-order valence-corrected chi connectivity index (χ2v) is 2.86. The van der Waals surface area contributed by atoms with Gasteiger partial charge in [0.1, 0.15) is 0 Å². The van der Waals surface area contributed by atoms with Gasteiger partial charge in [-0.05, 0) is 18.3 Å². The Hall–Kier alpha value is -0.570. The van der Waals surface area contributed by atoms with Crippen LogP contribution in [0.2, 0.25) is 0 Å². The topological polar surface area (TPSA) is 52.3 Å². The van der Waals surface area contributed by atoms with Gasteiger partial charge in [0, 0.05) is 0 Å². The van der Waals surface area contributed by atoms with E-state index in [1.165, 1.54) is 12.8 Å². The van der Waals surface area contributed by atoms with Crippen molar-refractivity contribution >= 4 is 5.97 Å². The summed E-state index contributed by atoms with van der Waals surface area (Å²) in [6.45, 7) is 2.14. The minimum atomic E-state index is -0.277. The van der Waals surface area contributed by atoms with Crippen LogP contribution in [0.4, 0.5) is 0 Å². The lowest BCUT2D eigenvalue weighted by Crippen LogP contribution is -2.10. The van der Waals surface area contributed by atoms with Crippen LogP contribution in [0.3, 0.4) is 0 Å². The molecule has 0 aromatic rings. The molecule has 0 spiro atoms. The molecule has 0 aromatic heterocycles. The smallest absolute Gasteiger partial charge is 0.324 e. The SMILES string of the molecule is CCC1C[C@@H]1CC(=O)ON. The van der Waals surface area contributed by atoms with Crippen LogP contribution in [-0.4, -0.2) is 5.97 Å². The van der Waals surface area contributed by atoms with Gasteiger partial charge in [0.15, 0.2) is 0 Å². The largest absolute Gasteiger partial charge is 0.373 e. The summed E-state index contributed by atoms with van der Waals surface area (Å²) in [6, 6.07) is 0. The zero-order chi connectivity index (χ0) is 7.56. The molecule has 0 radical (unpaired) electrons. The van der Waals surface area contributed by atoms with Crippen LogP contribution in [0.5, 0.6) is 0 Å². The normalized spacial score (nSPS) is 29.8. The molecule has 0 aliphatic heterocycles. The molecule has 1 unspecified atom stereocenters. The van der Waals surface area contributed by atoms with Crippen molar-refractivity contribution in [2.24, 2.45) is 17.7 Å². The first-order valence-electron chi connectivity index (χ1n) is 3.67. The van der Waals surface area contributed by atoms with E-state index < -0.39 is 0 Å². The molecular formula is C7H13NO2. The molecule has 2 atom stereocenters. The summed E-state index contributed by atoms with van der Waals surface area (Å²) < 4.78 is 0. The molecule has 1 aliphatic rings. The van der Waals surface area contributed by atoms with Gasteiger partial charge in [0.05, 0.1) is 6.42 Å². The molecule has 0 heterocycles. The fraction of sp³-hybridized carbons (Fsp3) is 0.857. The lowest BCUT2D eigenvalue weighted by molar-refractivity contribution is -0.144. The number of nitrogens with two attached hydrogens (primary N) is 1. The molecule has 1 rings (SSSR count). The van der Waals surface area contributed by atoms with Crippen LogP contribution >= 0.6 is 0 Å². The predicted molar refractivity (Wildman–Crippen MR) is 36.8 cm³/mol. The van der Waals surface area contributed by atoms with E-state index in [4.69, 9.17) is 0 Å². The summed E-state index contributed by atoms with van der Waals surface area (Å²) in [7, 11) is 0. The Balaban J connectivity index is 2.11. The molecule has 3 nitrogen and oxygen atoms in total. The highest BCUT2D eigenvalue weighted by atomic mass is 16.7. The van der Waals surface area contributed by atoms with Gasteiger partial charge in [0.25, 0.3) is 0 Å². The minimum Gasteiger partial charge on any atom is -0.373 e. The summed E-state index contributed by atoms with van der Waals surface area (Å²) in [4.78, 5) is 14.6. The Morgan fingerprint density at radius 2 is 2.40 bits per heavy atom. The predicted octanol–water partition coefficient (Wildman–Crippen LogP) is 0.840. The van der Waals surface area contributed by atoms with Crippen molar-refractivity contribution in [3.05, 3.63) is 0 Å². The first kappa shape index (κ1) is 7.54. The van der Waals surface area contributed by atoms with Crippen molar-refractivity contribution in [2.75, 3.05) is 0 Å². The lowest BCUT2D eigenvalue weighted by atomic mass is 10.2. The van der Waals surface area contributed by atoms with Crippen molar-refractivity contribution < 1.29 is 9.63 Å². The minimum absolute atomic E-state index is 0.277. The quantitative estimate of drug-likeness (QED) is 0.595. The zero-order valence-electron chi connectivity index (χ0n) is 6.17. The van der Waals surface area contributed by atoms with Gasteiger partial charge in [-0.25, -0.2) is 0 Å². The molecule has 1 saturated carbocycles. The molecule has 0 saturated heterocycles. The Bertz CT molecular complexity index is 136. The fourth-order valence-electron chi connectivity index (χ4n) is 1.32. The van der Waals surface area contributed by atoms with Gasteiger partial charge in [-0.1, -0.05) is 13.3 Å². The molecule has 10 heavy (non-hydrogen) atoms. The molecule has 58 valence electrons. The molecule has 0 amide bonds. The van der Waals surface area contributed by atoms with Crippen LogP contribution in [0, 0.1) is 11.8 Å². The van der Waals surface area contributed by atoms with Crippen LogP contribution in [0.15, 0.2) is 0 Å². The van der Waals surface area contributed by atoms with Gasteiger partial charge in [-0.3, -0.25) is 4.79 Å². The van der Waals surface area contributed by atoms with Crippen LogP contribution in [0.1, 0.15) is 26.2 Å². The fourth-order valence-corrected chi connectivity index (χ4v) is 1.32. The highest BCUT2D eigenvalue weighted by Gasteiger charge is 2.36. The third-order valence-electron chi connectivity index (χ3n) is 2.15. The van der Waals surface area contributed by atoms with Gasteiger partial charge in [-0.15, -0.1) is 0 Å². The summed E-state index contributed by atoms with van der Waals surface area (Å²) in [5.74, 6) is 5.71. The van der Waals surface area contributed by atoms with Crippen LogP contribution in [-0.2, 0) is 9.63 Å². The second-order valence-electron chi connectivity index (χ2n) is 2.86. The molecule has 3 heteroatoms. The average Bonchev–Trinajstić information content (AvgIpc) is 2.67. The maximum Gasteiger partial charge on any atom is 0.324 e. The molecule has 0 bridgehead atoms. The summed E-state index contributed by atoms with van der Waals surface area (Å²) in [6.07, 6.45) is 2.85. The first-order valence-corrected chi connectivity index (χ1v) is 3.67.